The molecule has 0 atom stereocenters. The number of aromatic nitrogens is 2. The molecule has 2 heterocycles. The van der Waals surface area contributed by atoms with E-state index in [9.17, 15) is 19.1 Å². The molecule has 26 heavy (non-hydrogen) atoms. The minimum Gasteiger partial charge on any atom is -0.505 e. The number of carbonyl (C=O) groups excluding carboxylic acids is 1. The van der Waals surface area contributed by atoms with Crippen LogP contribution in [0.5, 0.6) is 5.75 Å². The van der Waals surface area contributed by atoms with Crippen molar-refractivity contribution in [1.82, 2.24) is 14.6 Å². The van der Waals surface area contributed by atoms with E-state index in [1.807, 2.05) is 0 Å². The number of rotatable bonds is 3. The molecule has 7 nitrogen and oxygen atoms in total. The van der Waals surface area contributed by atoms with Gasteiger partial charge >= 0.3 is 0 Å². The van der Waals surface area contributed by atoms with Gasteiger partial charge in [0.2, 0.25) is 0 Å². The third-order valence-corrected chi connectivity index (χ3v) is 4.12. The summed E-state index contributed by atoms with van der Waals surface area (Å²) in [4.78, 5) is 28.8. The van der Waals surface area contributed by atoms with Crippen molar-refractivity contribution in [3.8, 4) is 5.75 Å². The maximum Gasteiger partial charge on any atom is 0.277 e. The molecule has 0 aliphatic rings. The molecule has 0 aliphatic carbocycles. The number of hydrogen-bond donors (Lipinski definition) is 2. The van der Waals surface area contributed by atoms with E-state index in [1.165, 1.54) is 37.0 Å². The number of halogens is 1. The standard InChI is InChI=1S/C18H17FN4O3/c1-22-13-8-11(7-10-3-5-12(19)6-4-10)9-21-15(13)16(24)14(17(22)25)18(26)23(2)20/h3-6,8-9,24H,7,20H2,1-2H3. The zero-order chi connectivity index (χ0) is 19.0. The first-order valence-electron chi connectivity index (χ1n) is 7.77. The summed E-state index contributed by atoms with van der Waals surface area (Å²) < 4.78 is 14.3. The summed E-state index contributed by atoms with van der Waals surface area (Å²) in [6.45, 7) is 0. The second-order valence-corrected chi connectivity index (χ2v) is 6.02. The fraction of sp³-hybridized carbons (Fsp3) is 0.167. The van der Waals surface area contributed by atoms with Crippen LogP contribution in [0.15, 0.2) is 41.3 Å². The number of hydrazine groups is 1. The van der Waals surface area contributed by atoms with Crippen LogP contribution in [0.25, 0.3) is 11.0 Å². The zero-order valence-corrected chi connectivity index (χ0v) is 14.2. The van der Waals surface area contributed by atoms with E-state index in [1.54, 1.807) is 18.2 Å². The van der Waals surface area contributed by atoms with Crippen LogP contribution in [-0.2, 0) is 13.5 Å². The van der Waals surface area contributed by atoms with Crippen LogP contribution >= 0.6 is 0 Å². The summed E-state index contributed by atoms with van der Waals surface area (Å²) >= 11 is 0. The summed E-state index contributed by atoms with van der Waals surface area (Å²) in [7, 11) is 2.77. The number of hydrogen-bond acceptors (Lipinski definition) is 5. The normalized spacial score (nSPS) is 10.9. The molecule has 134 valence electrons. The topological polar surface area (TPSA) is 101 Å². The van der Waals surface area contributed by atoms with E-state index in [0.29, 0.717) is 11.9 Å². The Morgan fingerprint density at radius 2 is 1.96 bits per heavy atom. The predicted octanol–water partition coefficient (Wildman–Crippen LogP) is 1.31. The first-order valence-corrected chi connectivity index (χ1v) is 7.77. The molecule has 2 aromatic heterocycles. The molecule has 3 aromatic rings. The van der Waals surface area contributed by atoms with Gasteiger partial charge in [-0.15, -0.1) is 0 Å². The molecule has 0 saturated heterocycles. The Labute approximate surface area is 148 Å². The minimum absolute atomic E-state index is 0.125. The third-order valence-electron chi connectivity index (χ3n) is 4.12. The number of fused-ring (bicyclic) bond motifs is 1. The molecular weight excluding hydrogens is 339 g/mol. The molecule has 0 aliphatic heterocycles. The highest BCUT2D eigenvalue weighted by Gasteiger charge is 2.23. The molecule has 8 heteroatoms. The second kappa shape index (κ2) is 6.57. The lowest BCUT2D eigenvalue weighted by atomic mass is 10.1. The Kier molecular flexibility index (Phi) is 4.43. The average molecular weight is 356 g/mol. The fourth-order valence-electron chi connectivity index (χ4n) is 2.73. The lowest BCUT2D eigenvalue weighted by Crippen LogP contribution is -2.38. The third kappa shape index (κ3) is 3.02. The largest absolute Gasteiger partial charge is 0.505 e. The Bertz CT molecular complexity index is 1060. The number of pyridine rings is 2. The summed E-state index contributed by atoms with van der Waals surface area (Å²) in [6.07, 6.45) is 2.01. The van der Waals surface area contributed by atoms with Crippen LogP contribution in [0.4, 0.5) is 4.39 Å². The van der Waals surface area contributed by atoms with E-state index < -0.39 is 22.8 Å². The maximum absolute atomic E-state index is 13.0. The summed E-state index contributed by atoms with van der Waals surface area (Å²) in [6, 6.07) is 7.76. The van der Waals surface area contributed by atoms with Gasteiger partial charge in [-0.1, -0.05) is 12.1 Å². The van der Waals surface area contributed by atoms with Crippen molar-refractivity contribution in [2.45, 2.75) is 6.42 Å². The highest BCUT2D eigenvalue weighted by atomic mass is 19.1. The van der Waals surface area contributed by atoms with Crippen molar-refractivity contribution in [2.75, 3.05) is 7.05 Å². The molecule has 3 N–H and O–H groups in total. The zero-order valence-electron chi connectivity index (χ0n) is 14.2. The lowest BCUT2D eigenvalue weighted by molar-refractivity contribution is 0.0790. The first kappa shape index (κ1) is 17.6. The van der Waals surface area contributed by atoms with Crippen molar-refractivity contribution in [3.63, 3.8) is 0 Å². The van der Waals surface area contributed by atoms with Gasteiger partial charge in [0.15, 0.2) is 11.3 Å². The van der Waals surface area contributed by atoms with Gasteiger partial charge in [0.1, 0.15) is 11.3 Å². The first-order chi connectivity index (χ1) is 12.3. The van der Waals surface area contributed by atoms with Gasteiger partial charge in [-0.3, -0.25) is 19.6 Å². The Balaban J connectivity index is 2.12. The Morgan fingerprint density at radius 3 is 2.58 bits per heavy atom. The van der Waals surface area contributed by atoms with Gasteiger partial charge in [0, 0.05) is 20.3 Å². The molecule has 0 saturated carbocycles. The molecule has 0 fully saturated rings. The van der Waals surface area contributed by atoms with Crippen molar-refractivity contribution >= 4 is 16.9 Å². The van der Waals surface area contributed by atoms with Crippen LogP contribution in [0.1, 0.15) is 21.5 Å². The van der Waals surface area contributed by atoms with E-state index in [0.717, 1.165) is 16.1 Å². The van der Waals surface area contributed by atoms with Gasteiger partial charge in [-0.25, -0.2) is 10.2 Å². The number of aromatic hydroxyl groups is 1. The van der Waals surface area contributed by atoms with E-state index in [-0.39, 0.29) is 11.3 Å². The number of amides is 1. The number of nitrogens with zero attached hydrogens (tertiary/aromatic N) is 3. The van der Waals surface area contributed by atoms with Crippen molar-refractivity contribution < 1.29 is 14.3 Å². The maximum atomic E-state index is 13.0. The van der Waals surface area contributed by atoms with Crippen molar-refractivity contribution in [2.24, 2.45) is 12.9 Å². The molecule has 0 unspecified atom stereocenters. The van der Waals surface area contributed by atoms with Crippen LogP contribution < -0.4 is 11.4 Å². The number of benzene rings is 1. The second-order valence-electron chi connectivity index (χ2n) is 6.02. The molecular formula is C18H17FN4O3. The van der Waals surface area contributed by atoms with Gasteiger partial charge in [0.05, 0.1) is 5.52 Å². The highest BCUT2D eigenvalue weighted by molar-refractivity contribution is 6.00. The van der Waals surface area contributed by atoms with Crippen LogP contribution in [0, 0.1) is 5.82 Å². The molecule has 3 rings (SSSR count). The quantitative estimate of drug-likeness (QED) is 0.419. The van der Waals surface area contributed by atoms with Gasteiger partial charge < -0.3 is 9.67 Å². The Morgan fingerprint density at radius 1 is 1.31 bits per heavy atom. The minimum atomic E-state index is -0.804. The summed E-state index contributed by atoms with van der Waals surface area (Å²) in [5, 5.41) is 11.1. The number of aryl methyl sites for hydroxylation is 1. The Hall–Kier alpha value is -3.26. The van der Waals surface area contributed by atoms with Crippen molar-refractivity contribution in [3.05, 3.63) is 69.4 Å². The van der Waals surface area contributed by atoms with Crippen molar-refractivity contribution in [1.29, 1.82) is 0 Å². The smallest absolute Gasteiger partial charge is 0.277 e. The lowest BCUT2D eigenvalue weighted by Gasteiger charge is -2.14. The summed E-state index contributed by atoms with van der Waals surface area (Å²) in [5.74, 6) is 3.77. The highest BCUT2D eigenvalue weighted by Crippen LogP contribution is 2.25. The van der Waals surface area contributed by atoms with E-state index >= 15 is 0 Å². The van der Waals surface area contributed by atoms with Crippen LogP contribution in [-0.4, -0.2) is 32.6 Å². The van der Waals surface area contributed by atoms with Crippen LogP contribution in [0.2, 0.25) is 0 Å². The van der Waals surface area contributed by atoms with Gasteiger partial charge in [-0.05, 0) is 35.7 Å². The molecule has 1 aromatic carbocycles. The summed E-state index contributed by atoms with van der Waals surface area (Å²) in [5.41, 5.74) is 1.05. The fourth-order valence-corrected chi connectivity index (χ4v) is 2.73. The van der Waals surface area contributed by atoms with Crippen LogP contribution in [0.3, 0.4) is 0 Å². The molecule has 0 bridgehead atoms. The molecule has 0 radical (unpaired) electrons. The van der Waals surface area contributed by atoms with Gasteiger partial charge in [0.25, 0.3) is 11.5 Å². The van der Waals surface area contributed by atoms with Gasteiger partial charge in [-0.2, -0.15) is 0 Å². The molecule has 1 amide bonds. The predicted molar refractivity (Wildman–Crippen MR) is 94.1 cm³/mol. The monoisotopic (exact) mass is 356 g/mol. The van der Waals surface area contributed by atoms with E-state index in [2.05, 4.69) is 4.98 Å². The number of carbonyl (C=O) groups is 1. The average Bonchev–Trinajstić information content (AvgIpc) is 2.61. The molecule has 0 spiro atoms. The SMILES string of the molecule is CN(N)C(=O)c1c(O)c2ncc(Cc3ccc(F)cc3)cc2n(C)c1=O. The van der Waals surface area contributed by atoms with E-state index in [4.69, 9.17) is 5.84 Å². The number of nitrogens with two attached hydrogens (primary N) is 1.